The van der Waals surface area contributed by atoms with E-state index in [1.807, 2.05) is 0 Å². The molecule has 1 aliphatic heterocycles. The van der Waals surface area contributed by atoms with Gasteiger partial charge in [-0.2, -0.15) is 0 Å². The summed E-state index contributed by atoms with van der Waals surface area (Å²) in [7, 11) is 0. The highest BCUT2D eigenvalue weighted by atomic mass is 19.2. The van der Waals surface area contributed by atoms with E-state index in [-0.39, 0.29) is 17.1 Å². The van der Waals surface area contributed by atoms with E-state index in [0.717, 1.165) is 6.07 Å². The van der Waals surface area contributed by atoms with Gasteiger partial charge >= 0.3 is 0 Å². The second-order valence-electron chi connectivity index (χ2n) is 6.04. The summed E-state index contributed by atoms with van der Waals surface area (Å²) in [5, 5.41) is 3.37. The maximum Gasteiger partial charge on any atom is 0.161 e. The molecule has 1 unspecified atom stereocenters. The van der Waals surface area contributed by atoms with E-state index in [4.69, 9.17) is 0 Å². The normalized spacial score (nSPS) is 20.7. The van der Waals surface area contributed by atoms with E-state index in [2.05, 4.69) is 26.1 Å². The van der Waals surface area contributed by atoms with Gasteiger partial charge in [0, 0.05) is 37.8 Å². The van der Waals surface area contributed by atoms with Gasteiger partial charge in [0.15, 0.2) is 11.6 Å². The maximum atomic E-state index is 13.8. The summed E-state index contributed by atoms with van der Waals surface area (Å²) in [5.41, 5.74) is 0.155. The zero-order valence-electron chi connectivity index (χ0n) is 11.4. The monoisotopic (exact) mass is 272 g/mol. The standard InChI is InChI=1S/C14H19F3N2/c1-14(2,3)13-8-19(5-4-18-13)12-7-10(16)9(15)6-11(12)17/h6-7,13,18H,4-5,8H2,1-3H3. The zero-order chi connectivity index (χ0) is 14.2. The summed E-state index contributed by atoms with van der Waals surface area (Å²) in [4.78, 5) is 1.77. The molecule has 1 aromatic rings. The Balaban J connectivity index is 2.25. The Labute approximate surface area is 111 Å². The van der Waals surface area contributed by atoms with Crippen LogP contribution in [-0.2, 0) is 0 Å². The zero-order valence-corrected chi connectivity index (χ0v) is 11.4. The molecule has 1 atom stereocenters. The van der Waals surface area contributed by atoms with Crippen LogP contribution in [0, 0.1) is 22.9 Å². The van der Waals surface area contributed by atoms with Crippen molar-refractivity contribution in [1.82, 2.24) is 5.32 Å². The Morgan fingerprint density at radius 2 is 1.74 bits per heavy atom. The second kappa shape index (κ2) is 5.04. The summed E-state index contributed by atoms with van der Waals surface area (Å²) in [6, 6.07) is 1.72. The van der Waals surface area contributed by atoms with E-state index < -0.39 is 17.5 Å². The highest BCUT2D eigenvalue weighted by Crippen LogP contribution is 2.27. The molecule has 19 heavy (non-hydrogen) atoms. The number of anilines is 1. The lowest BCUT2D eigenvalue weighted by atomic mass is 9.85. The molecule has 0 spiro atoms. The van der Waals surface area contributed by atoms with Gasteiger partial charge in [0.1, 0.15) is 5.82 Å². The number of hydrogen-bond donors (Lipinski definition) is 1. The molecule has 1 aliphatic rings. The molecule has 0 bridgehead atoms. The highest BCUT2D eigenvalue weighted by Gasteiger charge is 2.30. The number of halogens is 3. The Bertz CT molecular complexity index is 468. The van der Waals surface area contributed by atoms with Crippen molar-refractivity contribution in [3.05, 3.63) is 29.6 Å². The van der Waals surface area contributed by atoms with Crippen molar-refractivity contribution in [2.75, 3.05) is 24.5 Å². The number of hydrogen-bond acceptors (Lipinski definition) is 2. The number of nitrogens with one attached hydrogen (secondary N) is 1. The Hall–Kier alpha value is -1.23. The van der Waals surface area contributed by atoms with E-state index in [1.165, 1.54) is 0 Å². The van der Waals surface area contributed by atoms with Gasteiger partial charge in [0.05, 0.1) is 5.69 Å². The van der Waals surface area contributed by atoms with Crippen LogP contribution in [0.15, 0.2) is 12.1 Å². The van der Waals surface area contributed by atoms with Crippen molar-refractivity contribution in [3.8, 4) is 0 Å². The van der Waals surface area contributed by atoms with Gasteiger partial charge in [-0.1, -0.05) is 20.8 Å². The fraction of sp³-hybridized carbons (Fsp3) is 0.571. The molecule has 1 fully saturated rings. The van der Waals surface area contributed by atoms with Crippen LogP contribution in [0.1, 0.15) is 20.8 Å². The van der Waals surface area contributed by atoms with Crippen LogP contribution in [0.5, 0.6) is 0 Å². The minimum Gasteiger partial charge on any atom is -0.366 e. The molecule has 0 saturated carbocycles. The smallest absolute Gasteiger partial charge is 0.161 e. The molecule has 1 aromatic carbocycles. The van der Waals surface area contributed by atoms with Crippen LogP contribution in [0.2, 0.25) is 0 Å². The van der Waals surface area contributed by atoms with Crippen molar-refractivity contribution >= 4 is 5.69 Å². The fourth-order valence-electron chi connectivity index (χ4n) is 2.30. The van der Waals surface area contributed by atoms with E-state index in [1.54, 1.807) is 4.90 Å². The first-order valence-electron chi connectivity index (χ1n) is 6.42. The van der Waals surface area contributed by atoms with Crippen LogP contribution >= 0.6 is 0 Å². The van der Waals surface area contributed by atoms with Crippen molar-refractivity contribution < 1.29 is 13.2 Å². The van der Waals surface area contributed by atoms with Gasteiger partial charge in [-0.15, -0.1) is 0 Å². The predicted molar refractivity (Wildman–Crippen MR) is 69.8 cm³/mol. The average molecular weight is 272 g/mol. The first-order chi connectivity index (χ1) is 8.79. The van der Waals surface area contributed by atoms with Crippen molar-refractivity contribution in [2.24, 2.45) is 5.41 Å². The van der Waals surface area contributed by atoms with Crippen LogP contribution in [0.3, 0.4) is 0 Å². The maximum absolute atomic E-state index is 13.8. The molecule has 1 saturated heterocycles. The minimum atomic E-state index is -1.15. The molecule has 1 heterocycles. The Kier molecular flexibility index (Phi) is 3.76. The molecule has 1 N–H and O–H groups in total. The molecular weight excluding hydrogens is 253 g/mol. The van der Waals surface area contributed by atoms with Gasteiger partial charge < -0.3 is 10.2 Å². The summed E-state index contributed by atoms with van der Waals surface area (Å²) in [6.45, 7) is 8.13. The summed E-state index contributed by atoms with van der Waals surface area (Å²) in [5.74, 6) is -2.88. The van der Waals surface area contributed by atoms with Gasteiger partial charge in [-0.05, 0) is 5.41 Å². The number of benzene rings is 1. The van der Waals surface area contributed by atoms with Crippen LogP contribution in [0.25, 0.3) is 0 Å². The first kappa shape index (κ1) is 14.2. The SMILES string of the molecule is CC(C)(C)C1CN(c2cc(F)c(F)cc2F)CCN1. The second-order valence-corrected chi connectivity index (χ2v) is 6.04. The average Bonchev–Trinajstić information content (AvgIpc) is 2.33. The summed E-state index contributed by atoms with van der Waals surface area (Å²) < 4.78 is 40.0. The van der Waals surface area contributed by atoms with Crippen LogP contribution in [-0.4, -0.2) is 25.7 Å². The number of nitrogens with zero attached hydrogens (tertiary/aromatic N) is 1. The predicted octanol–water partition coefficient (Wildman–Crippen LogP) is 2.93. The molecule has 5 heteroatoms. The van der Waals surface area contributed by atoms with E-state index >= 15 is 0 Å². The summed E-state index contributed by atoms with van der Waals surface area (Å²) >= 11 is 0. The highest BCUT2D eigenvalue weighted by molar-refractivity contribution is 5.49. The van der Waals surface area contributed by atoms with E-state index in [0.29, 0.717) is 25.7 Å². The van der Waals surface area contributed by atoms with Crippen LogP contribution < -0.4 is 10.2 Å². The minimum absolute atomic E-state index is 0.0215. The molecule has 0 aliphatic carbocycles. The molecule has 0 amide bonds. The lowest BCUT2D eigenvalue weighted by Crippen LogP contribution is -2.56. The molecule has 2 rings (SSSR count). The third-order valence-electron chi connectivity index (χ3n) is 3.55. The summed E-state index contributed by atoms with van der Waals surface area (Å²) in [6.07, 6.45) is 0. The first-order valence-corrected chi connectivity index (χ1v) is 6.42. The molecule has 2 nitrogen and oxygen atoms in total. The number of piperazine rings is 1. The van der Waals surface area contributed by atoms with Crippen molar-refractivity contribution in [2.45, 2.75) is 26.8 Å². The molecule has 0 aromatic heterocycles. The molecule has 0 radical (unpaired) electrons. The lowest BCUT2D eigenvalue weighted by molar-refractivity contribution is 0.253. The fourth-order valence-corrected chi connectivity index (χ4v) is 2.30. The third-order valence-corrected chi connectivity index (χ3v) is 3.55. The lowest BCUT2D eigenvalue weighted by Gasteiger charge is -2.41. The van der Waals surface area contributed by atoms with Crippen LogP contribution in [0.4, 0.5) is 18.9 Å². The topological polar surface area (TPSA) is 15.3 Å². The van der Waals surface area contributed by atoms with Gasteiger partial charge in [0.2, 0.25) is 0 Å². The van der Waals surface area contributed by atoms with E-state index in [9.17, 15) is 13.2 Å². The third kappa shape index (κ3) is 3.03. The Morgan fingerprint density at radius 1 is 1.11 bits per heavy atom. The van der Waals surface area contributed by atoms with Crippen molar-refractivity contribution in [3.63, 3.8) is 0 Å². The quantitative estimate of drug-likeness (QED) is 0.791. The van der Waals surface area contributed by atoms with Gasteiger partial charge in [-0.3, -0.25) is 0 Å². The molecule has 106 valence electrons. The number of rotatable bonds is 1. The van der Waals surface area contributed by atoms with Gasteiger partial charge in [-0.25, -0.2) is 13.2 Å². The van der Waals surface area contributed by atoms with Gasteiger partial charge in [0.25, 0.3) is 0 Å². The van der Waals surface area contributed by atoms with Crippen molar-refractivity contribution in [1.29, 1.82) is 0 Å². The Morgan fingerprint density at radius 3 is 2.37 bits per heavy atom. The molecular formula is C14H19F3N2. The largest absolute Gasteiger partial charge is 0.366 e.